The Morgan fingerprint density at radius 1 is 1.56 bits per heavy atom. The van der Waals surface area contributed by atoms with Gasteiger partial charge in [-0.05, 0) is 35.3 Å². The van der Waals surface area contributed by atoms with Crippen molar-refractivity contribution in [3.05, 3.63) is 32.9 Å². The highest BCUT2D eigenvalue weighted by Crippen LogP contribution is 2.25. The molecule has 16 heavy (non-hydrogen) atoms. The normalized spacial score (nSPS) is 10.6. The zero-order valence-corrected chi connectivity index (χ0v) is 12.0. The molecule has 0 unspecified atom stereocenters. The fourth-order valence-electron chi connectivity index (χ4n) is 1.23. The Balaban J connectivity index is 2.05. The molecule has 4 heteroatoms. The molecule has 1 aromatic heterocycles. The molecule has 0 aliphatic carbocycles. The summed E-state index contributed by atoms with van der Waals surface area (Å²) in [6.45, 7) is 9.12. The van der Waals surface area contributed by atoms with E-state index < -0.39 is 0 Å². The summed E-state index contributed by atoms with van der Waals surface area (Å²) < 4.78 is 6.61. The van der Waals surface area contributed by atoms with Gasteiger partial charge in [-0.15, -0.1) is 17.9 Å². The highest BCUT2D eigenvalue weighted by atomic mass is 79.9. The highest BCUT2D eigenvalue weighted by molar-refractivity contribution is 9.10. The van der Waals surface area contributed by atoms with E-state index in [0.29, 0.717) is 0 Å². The van der Waals surface area contributed by atoms with Crippen LogP contribution >= 0.6 is 27.3 Å². The van der Waals surface area contributed by atoms with Crippen molar-refractivity contribution in [1.29, 1.82) is 0 Å². The molecular weight excluding hydrogens is 286 g/mol. The van der Waals surface area contributed by atoms with Crippen LogP contribution in [0.2, 0.25) is 0 Å². The SMILES string of the molecule is C=CCCOCCNCc1cc(Br)c(C)s1. The van der Waals surface area contributed by atoms with Gasteiger partial charge in [-0.3, -0.25) is 0 Å². The number of hydrogen-bond donors (Lipinski definition) is 1. The van der Waals surface area contributed by atoms with Crippen LogP contribution in [0.25, 0.3) is 0 Å². The number of hydrogen-bond acceptors (Lipinski definition) is 3. The molecule has 0 atom stereocenters. The van der Waals surface area contributed by atoms with Crippen LogP contribution in [0.3, 0.4) is 0 Å². The molecule has 0 aliphatic heterocycles. The monoisotopic (exact) mass is 303 g/mol. The number of halogens is 1. The van der Waals surface area contributed by atoms with Crippen molar-refractivity contribution in [3.8, 4) is 0 Å². The Labute approximate surface area is 110 Å². The first kappa shape index (κ1) is 13.9. The number of aryl methyl sites for hydroxylation is 1. The van der Waals surface area contributed by atoms with E-state index >= 15 is 0 Å². The zero-order valence-electron chi connectivity index (χ0n) is 9.59. The lowest BCUT2D eigenvalue weighted by Gasteiger charge is -2.03. The number of ether oxygens (including phenoxy) is 1. The lowest BCUT2D eigenvalue weighted by molar-refractivity contribution is 0.140. The van der Waals surface area contributed by atoms with Crippen molar-refractivity contribution in [2.24, 2.45) is 0 Å². The van der Waals surface area contributed by atoms with E-state index in [-0.39, 0.29) is 0 Å². The van der Waals surface area contributed by atoms with E-state index in [1.54, 1.807) is 0 Å². The van der Waals surface area contributed by atoms with Crippen LogP contribution < -0.4 is 5.32 Å². The second-order valence-corrected chi connectivity index (χ2v) is 5.68. The Hall–Kier alpha value is -0.160. The second kappa shape index (κ2) is 8.01. The number of nitrogens with one attached hydrogen (secondary N) is 1. The molecule has 0 amide bonds. The van der Waals surface area contributed by atoms with Gasteiger partial charge in [-0.1, -0.05) is 6.08 Å². The van der Waals surface area contributed by atoms with E-state index in [9.17, 15) is 0 Å². The summed E-state index contributed by atoms with van der Waals surface area (Å²) in [5.74, 6) is 0. The summed E-state index contributed by atoms with van der Waals surface area (Å²) in [6.07, 6.45) is 2.80. The van der Waals surface area contributed by atoms with E-state index in [1.165, 1.54) is 14.2 Å². The largest absolute Gasteiger partial charge is 0.380 e. The lowest BCUT2D eigenvalue weighted by Crippen LogP contribution is -2.18. The van der Waals surface area contributed by atoms with Crippen molar-refractivity contribution in [2.45, 2.75) is 19.9 Å². The maximum absolute atomic E-state index is 5.40. The fraction of sp³-hybridized carbons (Fsp3) is 0.500. The highest BCUT2D eigenvalue weighted by Gasteiger charge is 2.01. The molecule has 0 aliphatic rings. The van der Waals surface area contributed by atoms with Gasteiger partial charge < -0.3 is 10.1 Å². The summed E-state index contributed by atoms with van der Waals surface area (Å²) in [6, 6.07) is 2.17. The van der Waals surface area contributed by atoms with Crippen LogP contribution in [-0.2, 0) is 11.3 Å². The Bertz CT molecular complexity index is 305. The quantitative estimate of drug-likeness (QED) is 0.586. The van der Waals surface area contributed by atoms with Gasteiger partial charge in [-0.25, -0.2) is 0 Å². The number of thiophene rings is 1. The smallest absolute Gasteiger partial charge is 0.0591 e. The minimum atomic E-state index is 0.763. The maximum atomic E-state index is 5.40. The van der Waals surface area contributed by atoms with Gasteiger partial charge >= 0.3 is 0 Å². The van der Waals surface area contributed by atoms with Gasteiger partial charge in [0.1, 0.15) is 0 Å². The topological polar surface area (TPSA) is 21.3 Å². The van der Waals surface area contributed by atoms with E-state index in [0.717, 1.165) is 32.7 Å². The molecule has 2 nitrogen and oxygen atoms in total. The number of rotatable bonds is 8. The van der Waals surface area contributed by atoms with E-state index in [2.05, 4.69) is 40.8 Å². The molecule has 1 heterocycles. The van der Waals surface area contributed by atoms with Gasteiger partial charge in [0, 0.05) is 27.3 Å². The average molecular weight is 304 g/mol. The fourth-order valence-corrected chi connectivity index (χ4v) is 2.80. The molecule has 0 bridgehead atoms. The summed E-state index contributed by atoms with van der Waals surface area (Å²) in [4.78, 5) is 2.69. The molecule has 0 saturated carbocycles. The van der Waals surface area contributed by atoms with Crippen molar-refractivity contribution in [1.82, 2.24) is 5.32 Å². The van der Waals surface area contributed by atoms with Crippen LogP contribution in [0.4, 0.5) is 0 Å². The predicted octanol–water partition coefficient (Wildman–Crippen LogP) is 3.50. The minimum absolute atomic E-state index is 0.763. The Morgan fingerprint density at radius 2 is 2.38 bits per heavy atom. The van der Waals surface area contributed by atoms with E-state index in [4.69, 9.17) is 4.74 Å². The third kappa shape index (κ3) is 5.25. The summed E-state index contributed by atoms with van der Waals surface area (Å²) >= 11 is 5.34. The van der Waals surface area contributed by atoms with Crippen molar-refractivity contribution in [2.75, 3.05) is 19.8 Å². The van der Waals surface area contributed by atoms with Crippen LogP contribution in [0, 0.1) is 6.92 Å². The molecule has 0 saturated heterocycles. The van der Waals surface area contributed by atoms with Gasteiger partial charge in [-0.2, -0.15) is 0 Å². The van der Waals surface area contributed by atoms with Crippen molar-refractivity contribution >= 4 is 27.3 Å². The third-order valence-corrected chi connectivity index (χ3v) is 4.23. The predicted molar refractivity (Wildman–Crippen MR) is 74.1 cm³/mol. The molecule has 90 valence electrons. The van der Waals surface area contributed by atoms with Crippen molar-refractivity contribution < 1.29 is 4.74 Å². The Kier molecular flexibility index (Phi) is 6.96. The van der Waals surface area contributed by atoms with E-state index in [1.807, 2.05) is 17.4 Å². The van der Waals surface area contributed by atoms with Gasteiger partial charge in [0.15, 0.2) is 0 Å². The first-order valence-electron chi connectivity index (χ1n) is 5.38. The zero-order chi connectivity index (χ0) is 11.8. The molecule has 1 rings (SSSR count). The standard InChI is InChI=1S/C12H18BrNOS/c1-3-4-6-15-7-5-14-9-11-8-12(13)10(2)16-11/h3,8,14H,1,4-7,9H2,2H3. The molecular formula is C12H18BrNOS. The lowest BCUT2D eigenvalue weighted by atomic mass is 10.4. The molecule has 0 fully saturated rings. The van der Waals surface area contributed by atoms with Crippen LogP contribution in [0.15, 0.2) is 23.2 Å². The van der Waals surface area contributed by atoms with Gasteiger partial charge in [0.2, 0.25) is 0 Å². The molecule has 0 radical (unpaired) electrons. The molecule has 0 aromatic carbocycles. The van der Waals surface area contributed by atoms with Gasteiger partial charge in [0.05, 0.1) is 13.2 Å². The maximum Gasteiger partial charge on any atom is 0.0591 e. The molecule has 1 aromatic rings. The molecule has 1 N–H and O–H groups in total. The first-order valence-corrected chi connectivity index (χ1v) is 6.99. The van der Waals surface area contributed by atoms with Crippen LogP contribution in [-0.4, -0.2) is 19.8 Å². The Morgan fingerprint density at radius 3 is 3.00 bits per heavy atom. The van der Waals surface area contributed by atoms with Crippen LogP contribution in [0.1, 0.15) is 16.2 Å². The van der Waals surface area contributed by atoms with Gasteiger partial charge in [0.25, 0.3) is 0 Å². The minimum Gasteiger partial charge on any atom is -0.380 e. The first-order chi connectivity index (χ1) is 7.74. The van der Waals surface area contributed by atoms with Crippen LogP contribution in [0.5, 0.6) is 0 Å². The summed E-state index contributed by atoms with van der Waals surface area (Å²) in [5, 5.41) is 3.36. The summed E-state index contributed by atoms with van der Waals surface area (Å²) in [7, 11) is 0. The average Bonchev–Trinajstić information content (AvgIpc) is 2.57. The summed E-state index contributed by atoms with van der Waals surface area (Å²) in [5.41, 5.74) is 0. The van der Waals surface area contributed by atoms with Crippen molar-refractivity contribution in [3.63, 3.8) is 0 Å². The third-order valence-electron chi connectivity index (χ3n) is 2.10. The second-order valence-electron chi connectivity index (χ2n) is 3.48. The molecule has 0 spiro atoms.